The van der Waals surface area contributed by atoms with Crippen LogP contribution in [0.1, 0.15) is 80.6 Å². The summed E-state index contributed by atoms with van der Waals surface area (Å²) in [6.45, 7) is 4.01. The van der Waals surface area contributed by atoms with Gasteiger partial charge in [0.1, 0.15) is 12.0 Å². The molecule has 0 aromatic heterocycles. The maximum Gasteiger partial charge on any atom is 0.123 e. The van der Waals surface area contributed by atoms with E-state index in [0.717, 1.165) is 50.6 Å². The van der Waals surface area contributed by atoms with Gasteiger partial charge < -0.3 is 19.5 Å². The molecule has 2 atom stereocenters. The van der Waals surface area contributed by atoms with Crippen LogP contribution in [0.5, 0.6) is 5.75 Å². The molecule has 0 unspecified atom stereocenters. The van der Waals surface area contributed by atoms with Crippen molar-refractivity contribution in [3.8, 4) is 5.75 Å². The third-order valence-electron chi connectivity index (χ3n) is 7.78. The van der Waals surface area contributed by atoms with E-state index in [2.05, 4.69) is 42.2 Å². The zero-order chi connectivity index (χ0) is 21.4. The van der Waals surface area contributed by atoms with E-state index in [0.29, 0.717) is 5.75 Å². The average molecular weight is 420 g/mol. The summed E-state index contributed by atoms with van der Waals surface area (Å²) in [5.41, 5.74) is 4.79. The molecule has 2 aromatic carbocycles. The number of nitrogens with zero attached hydrogens (tertiary/aromatic N) is 1. The van der Waals surface area contributed by atoms with Gasteiger partial charge in [-0.15, -0.1) is 0 Å². The number of hydrogen-bond acceptors (Lipinski definition) is 4. The van der Waals surface area contributed by atoms with Crippen molar-refractivity contribution in [2.45, 2.75) is 69.5 Å². The third kappa shape index (κ3) is 3.76. The Bertz CT molecular complexity index is 924. The predicted octanol–water partition coefficient (Wildman–Crippen LogP) is 5.73. The van der Waals surface area contributed by atoms with Gasteiger partial charge in [0.15, 0.2) is 0 Å². The van der Waals surface area contributed by atoms with Crippen LogP contribution in [0.25, 0.3) is 0 Å². The molecule has 1 saturated carbocycles. The zero-order valence-electron chi connectivity index (χ0n) is 18.4. The van der Waals surface area contributed by atoms with Gasteiger partial charge in [-0.1, -0.05) is 37.5 Å². The summed E-state index contributed by atoms with van der Waals surface area (Å²) in [5.74, 6) is 0.715. The lowest BCUT2D eigenvalue weighted by molar-refractivity contribution is -0.130. The van der Waals surface area contributed by atoms with E-state index >= 15 is 0 Å². The van der Waals surface area contributed by atoms with Gasteiger partial charge >= 0.3 is 0 Å². The monoisotopic (exact) mass is 419 g/mol. The first-order chi connectivity index (χ1) is 15.1. The third-order valence-corrected chi connectivity index (χ3v) is 7.78. The first-order valence-corrected chi connectivity index (χ1v) is 11.9. The summed E-state index contributed by atoms with van der Waals surface area (Å²) in [7, 11) is 0. The molecule has 2 heterocycles. The fourth-order valence-corrected chi connectivity index (χ4v) is 6.16. The Morgan fingerprint density at radius 3 is 2.39 bits per heavy atom. The van der Waals surface area contributed by atoms with Gasteiger partial charge in [0.25, 0.3) is 0 Å². The number of rotatable bonds is 3. The molecule has 0 bridgehead atoms. The second kappa shape index (κ2) is 8.31. The topological polar surface area (TPSA) is 49.8 Å². The Labute approximate surface area is 185 Å². The van der Waals surface area contributed by atoms with Gasteiger partial charge in [0.05, 0.1) is 11.7 Å². The second-order valence-corrected chi connectivity index (χ2v) is 9.68. The quantitative estimate of drug-likeness (QED) is 0.645. The molecule has 4 heteroatoms. The van der Waals surface area contributed by atoms with Crippen LogP contribution >= 0.6 is 0 Å². The molecule has 0 amide bonds. The molecule has 0 radical (unpaired) electrons. The van der Waals surface area contributed by atoms with Gasteiger partial charge in [-0.3, -0.25) is 0 Å². The summed E-state index contributed by atoms with van der Waals surface area (Å²) in [5, 5.41) is 10.1. The molecular weight excluding hydrogens is 386 g/mol. The minimum absolute atomic E-state index is 0.00478. The number of carbonyl (C=O) groups excluding carboxylic acids is 1. The van der Waals surface area contributed by atoms with E-state index in [1.54, 1.807) is 0 Å². The molecule has 2 aromatic rings. The first kappa shape index (κ1) is 20.6. The maximum absolute atomic E-state index is 11.1. The van der Waals surface area contributed by atoms with E-state index in [-0.39, 0.29) is 23.5 Å². The van der Waals surface area contributed by atoms with Crippen molar-refractivity contribution in [1.82, 2.24) is 0 Å². The molecule has 2 aliphatic heterocycles. The van der Waals surface area contributed by atoms with Crippen LogP contribution in [-0.2, 0) is 9.53 Å². The second-order valence-electron chi connectivity index (χ2n) is 9.68. The highest BCUT2D eigenvalue weighted by molar-refractivity contribution is 5.56. The van der Waals surface area contributed by atoms with Crippen molar-refractivity contribution < 1.29 is 14.6 Å². The maximum atomic E-state index is 11.1. The molecular formula is C27H33NO3. The van der Waals surface area contributed by atoms with E-state index in [1.807, 2.05) is 12.1 Å². The van der Waals surface area contributed by atoms with Gasteiger partial charge in [-0.05, 0) is 73.6 Å². The number of carbonyl (C=O) groups is 1. The Morgan fingerprint density at radius 2 is 1.71 bits per heavy atom. The van der Waals surface area contributed by atoms with Crippen LogP contribution in [-0.4, -0.2) is 30.1 Å². The largest absolute Gasteiger partial charge is 0.508 e. The molecule has 1 aliphatic carbocycles. The molecule has 31 heavy (non-hydrogen) atoms. The molecule has 5 rings (SSSR count). The van der Waals surface area contributed by atoms with Crippen LogP contribution in [0.4, 0.5) is 5.69 Å². The zero-order valence-corrected chi connectivity index (χ0v) is 18.4. The number of benzene rings is 2. The Balaban J connectivity index is 1.49. The van der Waals surface area contributed by atoms with Gasteiger partial charge in [0.2, 0.25) is 0 Å². The summed E-state index contributed by atoms with van der Waals surface area (Å²) in [4.78, 5) is 13.5. The predicted molar refractivity (Wildman–Crippen MR) is 123 cm³/mol. The average Bonchev–Trinajstić information content (AvgIpc) is 2.81. The number of anilines is 1. The van der Waals surface area contributed by atoms with E-state index in [9.17, 15) is 9.90 Å². The minimum Gasteiger partial charge on any atom is -0.508 e. The number of aldehydes is 1. The van der Waals surface area contributed by atoms with Crippen molar-refractivity contribution in [2.75, 3.05) is 18.0 Å². The Morgan fingerprint density at radius 1 is 1.00 bits per heavy atom. The SMILES string of the molecule is C[C@@H]1OC2(CCCCC2)[C@H](c2ccc(N3CCC(C=O)CC3)cc2)c2ccc(O)cc21. The lowest BCUT2D eigenvalue weighted by atomic mass is 9.67. The van der Waals surface area contributed by atoms with Crippen LogP contribution in [0.2, 0.25) is 0 Å². The molecule has 164 valence electrons. The summed E-state index contributed by atoms with van der Waals surface area (Å²) in [6.07, 6.45) is 8.87. The smallest absolute Gasteiger partial charge is 0.123 e. The van der Waals surface area contributed by atoms with Crippen molar-refractivity contribution in [3.63, 3.8) is 0 Å². The van der Waals surface area contributed by atoms with Crippen molar-refractivity contribution in [1.29, 1.82) is 0 Å². The van der Waals surface area contributed by atoms with Crippen molar-refractivity contribution in [2.24, 2.45) is 5.92 Å². The summed E-state index contributed by atoms with van der Waals surface area (Å²) in [6, 6.07) is 14.9. The Hall–Kier alpha value is -2.33. The van der Waals surface area contributed by atoms with Crippen LogP contribution < -0.4 is 4.90 Å². The molecule has 1 spiro atoms. The number of piperidine rings is 1. The van der Waals surface area contributed by atoms with E-state index in [1.165, 1.54) is 36.1 Å². The van der Waals surface area contributed by atoms with Crippen LogP contribution in [0.3, 0.4) is 0 Å². The number of phenolic OH excluding ortho intramolecular Hbond substituents is 1. The highest BCUT2D eigenvalue weighted by atomic mass is 16.5. The molecule has 2 fully saturated rings. The normalized spacial score (nSPS) is 25.9. The standard InChI is InChI=1S/C27H33NO3/c1-19-25-17-23(30)9-10-24(25)26(27(31-19)13-3-2-4-14-27)21-5-7-22(8-6-21)28-15-11-20(18-29)12-16-28/h5-10,17-20,26,30H,2-4,11-16H2,1H3/t19-,26+/m0/s1. The van der Waals surface area contributed by atoms with Crippen LogP contribution in [0, 0.1) is 5.92 Å². The van der Waals surface area contributed by atoms with Gasteiger partial charge in [0, 0.05) is 30.6 Å². The number of phenols is 1. The highest BCUT2D eigenvalue weighted by Crippen LogP contribution is 2.54. The lowest BCUT2D eigenvalue weighted by Crippen LogP contribution is -2.46. The van der Waals surface area contributed by atoms with E-state index in [4.69, 9.17) is 4.74 Å². The van der Waals surface area contributed by atoms with Crippen molar-refractivity contribution in [3.05, 3.63) is 59.2 Å². The fraction of sp³-hybridized carbons (Fsp3) is 0.519. The summed E-state index contributed by atoms with van der Waals surface area (Å²) >= 11 is 0. The molecule has 1 N–H and O–H groups in total. The molecule has 1 saturated heterocycles. The lowest BCUT2D eigenvalue weighted by Gasteiger charge is -2.50. The van der Waals surface area contributed by atoms with Crippen LogP contribution in [0.15, 0.2) is 42.5 Å². The first-order valence-electron chi connectivity index (χ1n) is 11.9. The van der Waals surface area contributed by atoms with Crippen molar-refractivity contribution >= 4 is 12.0 Å². The number of fused-ring (bicyclic) bond motifs is 1. The summed E-state index contributed by atoms with van der Waals surface area (Å²) < 4.78 is 6.78. The number of ether oxygens (including phenoxy) is 1. The fourth-order valence-electron chi connectivity index (χ4n) is 6.16. The Kier molecular flexibility index (Phi) is 5.51. The molecule has 4 nitrogen and oxygen atoms in total. The highest BCUT2D eigenvalue weighted by Gasteiger charge is 2.48. The number of aromatic hydroxyl groups is 1. The number of hydrogen-bond donors (Lipinski definition) is 1. The van der Waals surface area contributed by atoms with Gasteiger partial charge in [-0.2, -0.15) is 0 Å². The minimum atomic E-state index is -0.161. The van der Waals surface area contributed by atoms with Gasteiger partial charge in [-0.25, -0.2) is 0 Å². The van der Waals surface area contributed by atoms with E-state index < -0.39 is 0 Å². The molecule has 3 aliphatic rings.